The van der Waals surface area contributed by atoms with Gasteiger partial charge in [-0.05, 0) is 38.5 Å². The predicted octanol–water partition coefficient (Wildman–Crippen LogP) is 2.41. The number of hydrogen-bond acceptors (Lipinski definition) is 3. The Morgan fingerprint density at radius 3 is 2.12 bits per heavy atom. The number of rotatable bonds is 8. The molecule has 0 unspecified atom stereocenters. The van der Waals surface area contributed by atoms with Gasteiger partial charge in [0, 0.05) is 25.8 Å². The first-order valence-corrected chi connectivity index (χ1v) is 6.63. The van der Waals surface area contributed by atoms with Crippen LogP contribution in [0.2, 0.25) is 0 Å². The molecule has 0 amide bonds. The van der Waals surface area contributed by atoms with Gasteiger partial charge in [0.1, 0.15) is 0 Å². The third-order valence-electron chi connectivity index (χ3n) is 3.40. The zero-order valence-corrected chi connectivity index (χ0v) is 11.2. The normalized spacial score (nSPS) is 25.1. The fourth-order valence-electron chi connectivity index (χ4n) is 2.17. The molecule has 0 radical (unpaired) electrons. The lowest BCUT2D eigenvalue weighted by Crippen LogP contribution is -2.46. The average molecular weight is 229 g/mol. The highest BCUT2D eigenvalue weighted by Gasteiger charge is 2.31. The molecule has 0 atom stereocenters. The summed E-state index contributed by atoms with van der Waals surface area (Å²) in [4.78, 5) is 0. The van der Waals surface area contributed by atoms with E-state index < -0.39 is 0 Å². The van der Waals surface area contributed by atoms with Crippen LogP contribution in [-0.2, 0) is 9.47 Å². The lowest BCUT2D eigenvalue weighted by molar-refractivity contribution is -0.135. The van der Waals surface area contributed by atoms with Crippen molar-refractivity contribution in [1.82, 2.24) is 5.32 Å². The molecule has 0 heterocycles. The smallest absolute Gasteiger partial charge is 0.169 e. The van der Waals surface area contributed by atoms with E-state index in [1.54, 1.807) is 0 Å². The minimum absolute atomic E-state index is 0.0758. The highest BCUT2D eigenvalue weighted by atomic mass is 16.7. The molecule has 0 aromatic heterocycles. The molecule has 1 N–H and O–H groups in total. The molecule has 0 bridgehead atoms. The van der Waals surface area contributed by atoms with E-state index in [0.29, 0.717) is 19.3 Å². The summed E-state index contributed by atoms with van der Waals surface area (Å²) in [7, 11) is 0. The van der Waals surface area contributed by atoms with Crippen molar-refractivity contribution in [3.63, 3.8) is 0 Å². The van der Waals surface area contributed by atoms with Gasteiger partial charge in [-0.15, -0.1) is 0 Å². The predicted molar refractivity (Wildman–Crippen MR) is 66.4 cm³/mol. The first kappa shape index (κ1) is 13.9. The quantitative estimate of drug-likeness (QED) is 0.648. The van der Waals surface area contributed by atoms with Crippen molar-refractivity contribution < 1.29 is 9.47 Å². The van der Waals surface area contributed by atoms with Crippen molar-refractivity contribution in [2.24, 2.45) is 11.8 Å². The van der Waals surface area contributed by atoms with E-state index in [1.165, 1.54) is 12.8 Å². The average Bonchev–Trinajstić information content (AvgIpc) is 2.15. The number of ether oxygens (including phenoxy) is 2. The first-order chi connectivity index (χ1) is 7.67. The molecule has 0 aromatic rings. The van der Waals surface area contributed by atoms with Crippen LogP contribution < -0.4 is 5.32 Å². The summed E-state index contributed by atoms with van der Waals surface area (Å²) in [5.41, 5.74) is 0. The van der Waals surface area contributed by atoms with Gasteiger partial charge < -0.3 is 14.8 Å². The van der Waals surface area contributed by atoms with E-state index in [2.05, 4.69) is 19.2 Å². The second-order valence-electron chi connectivity index (χ2n) is 4.92. The fourth-order valence-corrected chi connectivity index (χ4v) is 2.17. The Morgan fingerprint density at radius 1 is 1.12 bits per heavy atom. The highest BCUT2D eigenvalue weighted by molar-refractivity contribution is 4.86. The Labute approximate surface area is 99.9 Å². The third kappa shape index (κ3) is 4.40. The van der Waals surface area contributed by atoms with Crippen LogP contribution in [0.1, 0.15) is 40.5 Å². The fraction of sp³-hybridized carbons (Fsp3) is 1.00. The summed E-state index contributed by atoms with van der Waals surface area (Å²) < 4.78 is 11.0. The molecule has 1 aliphatic rings. The van der Waals surface area contributed by atoms with Crippen LogP contribution >= 0.6 is 0 Å². The van der Waals surface area contributed by atoms with Crippen LogP contribution in [0.3, 0.4) is 0 Å². The monoisotopic (exact) mass is 229 g/mol. The van der Waals surface area contributed by atoms with E-state index in [-0.39, 0.29) is 6.29 Å². The van der Waals surface area contributed by atoms with Crippen LogP contribution in [-0.4, -0.2) is 32.1 Å². The molecule has 16 heavy (non-hydrogen) atoms. The summed E-state index contributed by atoms with van der Waals surface area (Å²) in [5, 5.41) is 3.52. The second-order valence-corrected chi connectivity index (χ2v) is 4.92. The topological polar surface area (TPSA) is 30.5 Å². The molecule has 1 fully saturated rings. The summed E-state index contributed by atoms with van der Waals surface area (Å²) in [5.74, 6) is 1.74. The van der Waals surface area contributed by atoms with E-state index in [9.17, 15) is 0 Å². The maximum absolute atomic E-state index is 5.49. The van der Waals surface area contributed by atoms with Crippen molar-refractivity contribution in [1.29, 1.82) is 0 Å². The highest BCUT2D eigenvalue weighted by Crippen LogP contribution is 2.33. The van der Waals surface area contributed by atoms with Gasteiger partial charge in [0.05, 0.1) is 0 Å². The SMILES string of the molecule is CCOC(CNC1CC(C(C)C)C1)OCC. The Kier molecular flexibility index (Phi) is 6.32. The lowest BCUT2D eigenvalue weighted by atomic mass is 9.74. The molecular weight excluding hydrogens is 202 g/mol. The third-order valence-corrected chi connectivity index (χ3v) is 3.40. The zero-order valence-electron chi connectivity index (χ0n) is 11.2. The van der Waals surface area contributed by atoms with Gasteiger partial charge in [0.15, 0.2) is 6.29 Å². The molecule has 0 aromatic carbocycles. The van der Waals surface area contributed by atoms with Gasteiger partial charge >= 0.3 is 0 Å². The van der Waals surface area contributed by atoms with Gasteiger partial charge in [-0.2, -0.15) is 0 Å². The van der Waals surface area contributed by atoms with E-state index in [0.717, 1.165) is 18.4 Å². The Hall–Kier alpha value is -0.120. The number of nitrogens with one attached hydrogen (secondary N) is 1. The first-order valence-electron chi connectivity index (χ1n) is 6.63. The van der Waals surface area contributed by atoms with Crippen molar-refractivity contribution in [2.45, 2.75) is 52.9 Å². The van der Waals surface area contributed by atoms with Crippen LogP contribution in [0.25, 0.3) is 0 Å². The van der Waals surface area contributed by atoms with Gasteiger partial charge in [-0.1, -0.05) is 13.8 Å². The van der Waals surface area contributed by atoms with Crippen molar-refractivity contribution in [2.75, 3.05) is 19.8 Å². The van der Waals surface area contributed by atoms with Crippen LogP contribution in [0.5, 0.6) is 0 Å². The van der Waals surface area contributed by atoms with E-state index >= 15 is 0 Å². The Balaban J connectivity index is 2.09. The molecule has 3 nitrogen and oxygen atoms in total. The maximum Gasteiger partial charge on any atom is 0.169 e. The largest absolute Gasteiger partial charge is 0.352 e. The Bertz CT molecular complexity index is 173. The van der Waals surface area contributed by atoms with Crippen molar-refractivity contribution in [3.8, 4) is 0 Å². The number of hydrogen-bond donors (Lipinski definition) is 1. The molecule has 1 saturated carbocycles. The summed E-state index contributed by atoms with van der Waals surface area (Å²) in [6.07, 6.45) is 2.54. The van der Waals surface area contributed by atoms with Gasteiger partial charge in [0.2, 0.25) is 0 Å². The van der Waals surface area contributed by atoms with Crippen LogP contribution in [0.15, 0.2) is 0 Å². The zero-order chi connectivity index (χ0) is 12.0. The molecule has 0 aliphatic heterocycles. The minimum Gasteiger partial charge on any atom is -0.352 e. The molecule has 96 valence electrons. The summed E-state index contributed by atoms with van der Waals surface area (Å²) in [6, 6.07) is 0.677. The maximum atomic E-state index is 5.49. The van der Waals surface area contributed by atoms with Crippen molar-refractivity contribution >= 4 is 0 Å². The molecule has 0 saturated heterocycles. The van der Waals surface area contributed by atoms with E-state index in [4.69, 9.17) is 9.47 Å². The summed E-state index contributed by atoms with van der Waals surface area (Å²) in [6.45, 7) is 10.9. The molecule has 1 rings (SSSR count). The van der Waals surface area contributed by atoms with Crippen molar-refractivity contribution in [3.05, 3.63) is 0 Å². The van der Waals surface area contributed by atoms with Gasteiger partial charge in [-0.25, -0.2) is 0 Å². The van der Waals surface area contributed by atoms with E-state index in [1.807, 2.05) is 13.8 Å². The molecule has 3 heteroatoms. The van der Waals surface area contributed by atoms with Gasteiger partial charge in [-0.3, -0.25) is 0 Å². The lowest BCUT2D eigenvalue weighted by Gasteiger charge is -2.39. The summed E-state index contributed by atoms with van der Waals surface area (Å²) >= 11 is 0. The standard InChI is InChI=1S/C13H27NO2/c1-5-15-13(16-6-2)9-14-12-7-11(8-12)10(3)4/h10-14H,5-9H2,1-4H3. The Morgan fingerprint density at radius 2 is 1.69 bits per heavy atom. The van der Waals surface area contributed by atoms with Crippen LogP contribution in [0.4, 0.5) is 0 Å². The van der Waals surface area contributed by atoms with Gasteiger partial charge in [0.25, 0.3) is 0 Å². The molecule has 0 spiro atoms. The minimum atomic E-state index is -0.0758. The van der Waals surface area contributed by atoms with Crippen LogP contribution in [0, 0.1) is 11.8 Å². The molecule has 1 aliphatic carbocycles. The molecular formula is C13H27NO2. The second kappa shape index (κ2) is 7.25.